The Labute approximate surface area is 183 Å². The number of benzene rings is 2. The minimum atomic E-state index is -4.23. The maximum Gasteiger partial charge on any atom is 0.339 e. The summed E-state index contributed by atoms with van der Waals surface area (Å²) < 4.78 is 49.1. The minimum absolute atomic E-state index is 0.0534. The van der Waals surface area contributed by atoms with E-state index in [4.69, 9.17) is 8.92 Å². The maximum absolute atomic E-state index is 13.9. The molecule has 1 aliphatic carbocycles. The van der Waals surface area contributed by atoms with Crippen molar-refractivity contribution in [2.24, 2.45) is 11.8 Å². The average molecular weight is 450 g/mol. The van der Waals surface area contributed by atoms with Crippen LogP contribution in [0.4, 0.5) is 4.39 Å². The van der Waals surface area contributed by atoms with Gasteiger partial charge in [-0.15, -0.1) is 0 Å². The second-order valence-corrected chi connectivity index (χ2v) is 9.77. The molecule has 0 spiro atoms. The van der Waals surface area contributed by atoms with Crippen LogP contribution in [0, 0.1) is 17.7 Å². The number of carbonyl (C=O) groups excluding carboxylic acids is 1. The molecule has 0 unspecified atom stereocenters. The van der Waals surface area contributed by atoms with E-state index in [1.807, 2.05) is 11.0 Å². The summed E-state index contributed by atoms with van der Waals surface area (Å²) in [5, 5.41) is 0. The van der Waals surface area contributed by atoms with Gasteiger partial charge in [0, 0.05) is 19.0 Å². The van der Waals surface area contributed by atoms with Crippen molar-refractivity contribution < 1.29 is 26.5 Å². The first-order chi connectivity index (χ1) is 14.7. The maximum atomic E-state index is 13.9. The molecule has 168 valence electrons. The molecule has 0 radical (unpaired) electrons. The van der Waals surface area contributed by atoms with Gasteiger partial charge in [-0.1, -0.05) is 32.4 Å². The Morgan fingerprint density at radius 2 is 1.94 bits per heavy atom. The number of hydrogen-bond acceptors (Lipinski definition) is 5. The van der Waals surface area contributed by atoms with Crippen molar-refractivity contribution in [3.05, 3.63) is 53.8 Å². The molecule has 1 fully saturated rings. The van der Waals surface area contributed by atoms with Gasteiger partial charge in [0.15, 0.2) is 11.6 Å². The van der Waals surface area contributed by atoms with Crippen LogP contribution in [-0.4, -0.2) is 32.9 Å². The molecule has 0 bridgehead atoms. The van der Waals surface area contributed by atoms with E-state index < -0.39 is 15.9 Å². The van der Waals surface area contributed by atoms with Gasteiger partial charge in [0.2, 0.25) is 5.91 Å². The van der Waals surface area contributed by atoms with Gasteiger partial charge in [-0.3, -0.25) is 4.79 Å². The Hall–Kier alpha value is -2.61. The number of ether oxygens (including phenoxy) is 1. The third-order valence-electron chi connectivity index (χ3n) is 5.24. The summed E-state index contributed by atoms with van der Waals surface area (Å²) in [6, 6.07) is 9.94. The molecule has 0 saturated heterocycles. The molecule has 0 aliphatic heterocycles. The number of rotatable bonds is 9. The molecule has 0 aromatic heterocycles. The van der Waals surface area contributed by atoms with Crippen LogP contribution in [0.3, 0.4) is 0 Å². The summed E-state index contributed by atoms with van der Waals surface area (Å²) in [4.78, 5) is 14.3. The largest absolute Gasteiger partial charge is 0.494 e. The first-order valence-corrected chi connectivity index (χ1v) is 11.8. The fourth-order valence-corrected chi connectivity index (χ4v) is 4.42. The number of halogens is 1. The molecular formula is C23H28FNO5S. The lowest BCUT2D eigenvalue weighted by Gasteiger charge is -2.33. The Bertz CT molecular complexity index is 1030. The molecule has 31 heavy (non-hydrogen) atoms. The number of methoxy groups -OCH3 is 1. The molecule has 2 aromatic rings. The van der Waals surface area contributed by atoms with Gasteiger partial charge in [-0.25, -0.2) is 4.39 Å². The minimum Gasteiger partial charge on any atom is -0.494 e. The topological polar surface area (TPSA) is 72.9 Å². The number of amides is 1. The van der Waals surface area contributed by atoms with Gasteiger partial charge in [0.05, 0.1) is 7.11 Å². The normalized spacial score (nSPS) is 14.2. The summed E-state index contributed by atoms with van der Waals surface area (Å²) in [6.45, 7) is 5.12. The van der Waals surface area contributed by atoms with E-state index in [9.17, 15) is 17.6 Å². The second kappa shape index (κ2) is 9.68. The van der Waals surface area contributed by atoms with E-state index in [1.54, 1.807) is 12.1 Å². The standard InChI is InChI=1S/C23H28FNO5S/c1-16(2)14-25(23(26)18-7-5-8-18)15-17-6-4-9-19(12-17)30-31(27,28)20-10-11-22(29-3)21(24)13-20/h4,6,9-13,16,18H,5,7-8,14-15H2,1-3H3. The molecule has 3 rings (SSSR count). The smallest absolute Gasteiger partial charge is 0.339 e. The van der Waals surface area contributed by atoms with Gasteiger partial charge in [-0.05, 0) is 54.7 Å². The van der Waals surface area contributed by atoms with Crippen LogP contribution in [0.1, 0.15) is 38.7 Å². The van der Waals surface area contributed by atoms with E-state index in [0.717, 1.165) is 30.9 Å². The predicted molar refractivity (Wildman–Crippen MR) is 115 cm³/mol. The predicted octanol–water partition coefficient (Wildman–Crippen LogP) is 4.39. The molecule has 0 heterocycles. The Morgan fingerprint density at radius 3 is 2.52 bits per heavy atom. The lowest BCUT2D eigenvalue weighted by atomic mass is 9.84. The second-order valence-electron chi connectivity index (χ2n) is 8.22. The molecular weight excluding hydrogens is 421 g/mol. The molecule has 0 atom stereocenters. The molecule has 2 aromatic carbocycles. The monoisotopic (exact) mass is 449 g/mol. The van der Waals surface area contributed by atoms with Crippen LogP contribution >= 0.6 is 0 Å². The molecule has 1 aliphatic rings. The molecule has 1 saturated carbocycles. The van der Waals surface area contributed by atoms with Crippen LogP contribution in [0.2, 0.25) is 0 Å². The average Bonchev–Trinajstić information content (AvgIpc) is 2.65. The zero-order valence-corrected chi connectivity index (χ0v) is 18.8. The van der Waals surface area contributed by atoms with Crippen LogP contribution in [0.15, 0.2) is 47.4 Å². The van der Waals surface area contributed by atoms with E-state index in [1.165, 1.54) is 25.3 Å². The Morgan fingerprint density at radius 1 is 1.19 bits per heavy atom. The summed E-state index contributed by atoms with van der Waals surface area (Å²) >= 11 is 0. The van der Waals surface area contributed by atoms with Crippen molar-refractivity contribution in [1.82, 2.24) is 4.90 Å². The lowest BCUT2D eigenvalue weighted by molar-refractivity contribution is -0.139. The lowest BCUT2D eigenvalue weighted by Crippen LogP contribution is -2.40. The zero-order valence-electron chi connectivity index (χ0n) is 18.0. The highest BCUT2D eigenvalue weighted by molar-refractivity contribution is 7.87. The summed E-state index contributed by atoms with van der Waals surface area (Å²) in [5.74, 6) is -0.193. The first kappa shape index (κ1) is 23.1. The fourth-order valence-electron chi connectivity index (χ4n) is 3.48. The van der Waals surface area contributed by atoms with Gasteiger partial charge in [0.1, 0.15) is 10.6 Å². The first-order valence-electron chi connectivity index (χ1n) is 10.4. The molecule has 6 nitrogen and oxygen atoms in total. The van der Waals surface area contributed by atoms with Gasteiger partial charge < -0.3 is 13.8 Å². The number of nitrogens with zero attached hydrogens (tertiary/aromatic N) is 1. The van der Waals surface area contributed by atoms with Gasteiger partial charge >= 0.3 is 10.1 Å². The molecule has 0 N–H and O–H groups in total. The summed E-state index contributed by atoms with van der Waals surface area (Å²) in [5.41, 5.74) is 0.766. The van der Waals surface area contributed by atoms with E-state index in [2.05, 4.69) is 13.8 Å². The van der Waals surface area contributed by atoms with Crippen molar-refractivity contribution in [3.63, 3.8) is 0 Å². The highest BCUT2D eigenvalue weighted by Gasteiger charge is 2.30. The van der Waals surface area contributed by atoms with Crippen LogP contribution in [0.25, 0.3) is 0 Å². The Balaban J connectivity index is 1.77. The van der Waals surface area contributed by atoms with Crippen molar-refractivity contribution in [3.8, 4) is 11.5 Å². The van der Waals surface area contributed by atoms with Crippen molar-refractivity contribution in [2.45, 2.75) is 44.6 Å². The van der Waals surface area contributed by atoms with Crippen LogP contribution in [0.5, 0.6) is 11.5 Å². The van der Waals surface area contributed by atoms with Crippen LogP contribution in [-0.2, 0) is 21.5 Å². The molecule has 8 heteroatoms. The van der Waals surface area contributed by atoms with Crippen molar-refractivity contribution >= 4 is 16.0 Å². The fraction of sp³-hybridized carbons (Fsp3) is 0.435. The zero-order chi connectivity index (χ0) is 22.6. The van der Waals surface area contributed by atoms with Crippen molar-refractivity contribution in [2.75, 3.05) is 13.7 Å². The third-order valence-corrected chi connectivity index (χ3v) is 6.48. The van der Waals surface area contributed by atoms with Gasteiger partial charge in [-0.2, -0.15) is 8.42 Å². The number of hydrogen-bond donors (Lipinski definition) is 0. The van der Waals surface area contributed by atoms with E-state index in [0.29, 0.717) is 19.0 Å². The summed E-state index contributed by atoms with van der Waals surface area (Å²) in [7, 11) is -2.93. The summed E-state index contributed by atoms with van der Waals surface area (Å²) in [6.07, 6.45) is 2.93. The third kappa shape index (κ3) is 5.76. The highest BCUT2D eigenvalue weighted by atomic mass is 32.2. The van der Waals surface area contributed by atoms with Crippen molar-refractivity contribution in [1.29, 1.82) is 0 Å². The number of carbonyl (C=O) groups is 1. The molecule has 1 amide bonds. The Kier molecular flexibility index (Phi) is 7.20. The highest BCUT2D eigenvalue weighted by Crippen LogP contribution is 2.30. The van der Waals surface area contributed by atoms with E-state index in [-0.39, 0.29) is 28.2 Å². The quantitative estimate of drug-likeness (QED) is 0.531. The van der Waals surface area contributed by atoms with E-state index >= 15 is 0 Å². The SMILES string of the molecule is COc1ccc(S(=O)(=O)Oc2cccc(CN(CC(C)C)C(=O)C3CCC3)c2)cc1F. The van der Waals surface area contributed by atoms with Crippen LogP contribution < -0.4 is 8.92 Å². The van der Waals surface area contributed by atoms with Gasteiger partial charge in [0.25, 0.3) is 0 Å².